The minimum atomic E-state index is -2.65. The van der Waals surface area contributed by atoms with Crippen molar-refractivity contribution in [2.24, 2.45) is 5.92 Å². The summed E-state index contributed by atoms with van der Waals surface area (Å²) < 4.78 is 18.7. The predicted molar refractivity (Wildman–Crippen MR) is 86.2 cm³/mol. The molecule has 3 nitrogen and oxygen atoms in total. The third kappa shape index (κ3) is 4.00. The van der Waals surface area contributed by atoms with Crippen molar-refractivity contribution >= 4 is 19.1 Å². The van der Waals surface area contributed by atoms with Crippen LogP contribution in [0.25, 0.3) is 0 Å². The van der Waals surface area contributed by atoms with Gasteiger partial charge in [0.05, 0.1) is 17.3 Å². The van der Waals surface area contributed by atoms with Gasteiger partial charge in [-0.25, -0.2) is 0 Å². The normalized spacial score (nSPS) is 28.5. The molecular formula is C14H30NO2PS. The summed E-state index contributed by atoms with van der Waals surface area (Å²) in [7, 11) is -2.65. The van der Waals surface area contributed by atoms with Gasteiger partial charge in [0.25, 0.3) is 0 Å². The standard InChI is InChI=1S/C14H30NO2PS/c1-8-14(9-2)15-12(13(5,6)19-14)18(7,16)17-10-11(3)4/h11-12,15H,8-10H2,1-7H3. The van der Waals surface area contributed by atoms with Gasteiger partial charge >= 0.3 is 0 Å². The third-order valence-electron chi connectivity index (χ3n) is 3.79. The molecule has 1 rings (SSSR count). The fourth-order valence-electron chi connectivity index (χ4n) is 2.66. The molecule has 0 spiro atoms. The second kappa shape index (κ2) is 6.09. The van der Waals surface area contributed by atoms with Crippen LogP contribution in [0.2, 0.25) is 0 Å². The van der Waals surface area contributed by atoms with Crippen molar-refractivity contribution in [3.8, 4) is 0 Å². The maximum absolute atomic E-state index is 13.0. The lowest BCUT2D eigenvalue weighted by molar-refractivity contribution is 0.259. The van der Waals surface area contributed by atoms with Crippen molar-refractivity contribution in [1.82, 2.24) is 5.32 Å². The molecule has 1 saturated heterocycles. The van der Waals surface area contributed by atoms with Crippen LogP contribution in [0.15, 0.2) is 0 Å². The van der Waals surface area contributed by atoms with Crippen LogP contribution < -0.4 is 5.32 Å². The average molecular weight is 307 g/mol. The summed E-state index contributed by atoms with van der Waals surface area (Å²) in [5.74, 6) is 0.344. The van der Waals surface area contributed by atoms with Crippen LogP contribution in [0.5, 0.6) is 0 Å². The van der Waals surface area contributed by atoms with E-state index in [2.05, 4.69) is 46.9 Å². The lowest BCUT2D eigenvalue weighted by Gasteiger charge is -2.30. The molecule has 0 aromatic rings. The Kier molecular flexibility index (Phi) is 5.63. The Hall–Kier alpha value is 0.500. The molecular weight excluding hydrogens is 277 g/mol. The van der Waals surface area contributed by atoms with E-state index in [0.717, 1.165) is 12.8 Å². The first-order chi connectivity index (χ1) is 8.58. The second-order valence-corrected chi connectivity index (χ2v) is 11.2. The molecule has 0 aromatic heterocycles. The maximum Gasteiger partial charge on any atom is 0.217 e. The monoisotopic (exact) mass is 307 g/mol. The molecule has 114 valence electrons. The van der Waals surface area contributed by atoms with Gasteiger partial charge < -0.3 is 4.52 Å². The van der Waals surface area contributed by atoms with Gasteiger partial charge in [-0.15, -0.1) is 11.8 Å². The largest absolute Gasteiger partial charge is 0.327 e. The van der Waals surface area contributed by atoms with E-state index in [1.54, 1.807) is 6.66 Å². The van der Waals surface area contributed by atoms with E-state index in [9.17, 15) is 4.57 Å². The highest BCUT2D eigenvalue weighted by molar-refractivity contribution is 8.02. The van der Waals surface area contributed by atoms with E-state index >= 15 is 0 Å². The highest BCUT2D eigenvalue weighted by atomic mass is 32.2. The molecule has 2 unspecified atom stereocenters. The number of thioether (sulfide) groups is 1. The van der Waals surface area contributed by atoms with Crippen molar-refractivity contribution in [3.05, 3.63) is 0 Å². The predicted octanol–water partition coefficient (Wildman–Crippen LogP) is 4.52. The van der Waals surface area contributed by atoms with Gasteiger partial charge in [-0.2, -0.15) is 0 Å². The van der Waals surface area contributed by atoms with Crippen LogP contribution in [0.3, 0.4) is 0 Å². The maximum atomic E-state index is 13.0. The Morgan fingerprint density at radius 3 is 2.21 bits per heavy atom. The van der Waals surface area contributed by atoms with Crippen molar-refractivity contribution in [1.29, 1.82) is 0 Å². The molecule has 0 amide bonds. The summed E-state index contributed by atoms with van der Waals surface area (Å²) in [5, 5.41) is 3.63. The molecule has 0 aliphatic carbocycles. The summed E-state index contributed by atoms with van der Waals surface area (Å²) in [6.45, 7) is 15.3. The van der Waals surface area contributed by atoms with E-state index in [-0.39, 0.29) is 15.4 Å². The van der Waals surface area contributed by atoms with Gasteiger partial charge in [0.2, 0.25) is 7.37 Å². The topological polar surface area (TPSA) is 38.3 Å². The van der Waals surface area contributed by atoms with Gasteiger partial charge in [-0.3, -0.25) is 9.88 Å². The first-order valence-electron chi connectivity index (χ1n) is 7.28. The smallest absolute Gasteiger partial charge is 0.217 e. The zero-order valence-electron chi connectivity index (χ0n) is 13.4. The molecule has 0 saturated carbocycles. The van der Waals surface area contributed by atoms with E-state index in [0.29, 0.717) is 12.5 Å². The van der Waals surface area contributed by atoms with Crippen molar-refractivity contribution in [2.75, 3.05) is 13.3 Å². The molecule has 19 heavy (non-hydrogen) atoms. The van der Waals surface area contributed by atoms with Gasteiger partial charge in [0, 0.05) is 11.4 Å². The number of nitrogens with one attached hydrogen (secondary N) is 1. The zero-order chi connectivity index (χ0) is 14.9. The summed E-state index contributed by atoms with van der Waals surface area (Å²) in [5.41, 5.74) is 0. The number of rotatable bonds is 6. The molecule has 0 radical (unpaired) electrons. The molecule has 1 heterocycles. The minimum Gasteiger partial charge on any atom is -0.327 e. The highest BCUT2D eigenvalue weighted by Crippen LogP contribution is 2.61. The lowest BCUT2D eigenvalue weighted by atomic mass is 10.1. The Balaban J connectivity index is 2.90. The fourth-order valence-corrected chi connectivity index (χ4v) is 7.48. The molecule has 1 aliphatic rings. The molecule has 2 atom stereocenters. The van der Waals surface area contributed by atoms with Gasteiger partial charge in [-0.05, 0) is 32.6 Å². The summed E-state index contributed by atoms with van der Waals surface area (Å²) in [6, 6.07) is 0. The lowest BCUT2D eigenvalue weighted by Crippen LogP contribution is -2.43. The Labute approximate surface area is 123 Å². The van der Waals surface area contributed by atoms with Crippen LogP contribution in [-0.4, -0.2) is 28.7 Å². The number of hydrogen-bond acceptors (Lipinski definition) is 4. The molecule has 1 N–H and O–H groups in total. The van der Waals surface area contributed by atoms with Crippen molar-refractivity contribution in [2.45, 2.75) is 69.8 Å². The van der Waals surface area contributed by atoms with E-state index in [1.165, 1.54) is 0 Å². The summed E-state index contributed by atoms with van der Waals surface area (Å²) in [6.07, 6.45) is 2.08. The molecule has 0 bridgehead atoms. The van der Waals surface area contributed by atoms with E-state index < -0.39 is 7.37 Å². The molecule has 1 aliphatic heterocycles. The highest BCUT2D eigenvalue weighted by Gasteiger charge is 2.54. The summed E-state index contributed by atoms with van der Waals surface area (Å²) >= 11 is 1.92. The Bertz CT molecular complexity index is 353. The van der Waals surface area contributed by atoms with Crippen LogP contribution in [0.4, 0.5) is 0 Å². The van der Waals surface area contributed by atoms with Gasteiger partial charge in [0.1, 0.15) is 0 Å². The van der Waals surface area contributed by atoms with E-state index in [4.69, 9.17) is 4.52 Å². The molecule has 5 heteroatoms. The minimum absolute atomic E-state index is 0.0427. The summed E-state index contributed by atoms with van der Waals surface area (Å²) in [4.78, 5) is 0.0427. The third-order valence-corrected chi connectivity index (χ3v) is 8.19. The zero-order valence-corrected chi connectivity index (χ0v) is 15.2. The SMILES string of the molecule is CCC1(CC)NC(P(C)(=O)OCC(C)C)C(C)(C)S1. The van der Waals surface area contributed by atoms with Gasteiger partial charge in [0.15, 0.2) is 0 Å². The van der Waals surface area contributed by atoms with Crippen LogP contribution >= 0.6 is 19.1 Å². The van der Waals surface area contributed by atoms with E-state index in [1.807, 2.05) is 11.8 Å². The number of hydrogen-bond donors (Lipinski definition) is 1. The Morgan fingerprint density at radius 1 is 1.32 bits per heavy atom. The fraction of sp³-hybridized carbons (Fsp3) is 1.00. The van der Waals surface area contributed by atoms with Crippen LogP contribution in [-0.2, 0) is 9.09 Å². The van der Waals surface area contributed by atoms with Gasteiger partial charge in [-0.1, -0.05) is 27.7 Å². The molecule has 1 fully saturated rings. The first-order valence-corrected chi connectivity index (χ1v) is 10.2. The first kappa shape index (κ1) is 17.6. The Morgan fingerprint density at radius 2 is 1.84 bits per heavy atom. The quantitative estimate of drug-likeness (QED) is 0.732. The van der Waals surface area contributed by atoms with Crippen LogP contribution in [0.1, 0.15) is 54.4 Å². The van der Waals surface area contributed by atoms with Crippen molar-refractivity contribution < 1.29 is 9.09 Å². The average Bonchev–Trinajstić information content (AvgIpc) is 2.60. The molecule has 0 aromatic carbocycles. The van der Waals surface area contributed by atoms with Crippen LogP contribution in [0, 0.1) is 5.92 Å². The van der Waals surface area contributed by atoms with Crippen molar-refractivity contribution in [3.63, 3.8) is 0 Å². The second-order valence-electron chi connectivity index (χ2n) is 6.55.